The standard InChI is InChI=1S/C15H16N2O2S/c16-20(18,19)8-7-17-13-5-6-15-12(10-13)9-11-3-1-2-4-14(11)15/h1-6,10,17H,7-9H2,(H2,16,18,19). The Kier molecular flexibility index (Phi) is 3.23. The Balaban J connectivity index is 1.77. The molecule has 0 aromatic heterocycles. The first-order valence-corrected chi connectivity index (χ1v) is 8.20. The highest BCUT2D eigenvalue weighted by molar-refractivity contribution is 7.89. The van der Waals surface area contributed by atoms with E-state index in [1.54, 1.807) is 0 Å². The van der Waals surface area contributed by atoms with Gasteiger partial charge in [-0.3, -0.25) is 0 Å². The van der Waals surface area contributed by atoms with Gasteiger partial charge >= 0.3 is 0 Å². The summed E-state index contributed by atoms with van der Waals surface area (Å²) in [6.07, 6.45) is 0.927. The molecule has 2 aromatic rings. The summed E-state index contributed by atoms with van der Waals surface area (Å²) in [6, 6.07) is 14.5. The smallest absolute Gasteiger partial charge is 0.210 e. The molecule has 0 atom stereocenters. The molecule has 4 nitrogen and oxygen atoms in total. The van der Waals surface area contributed by atoms with Crippen LogP contribution in [0.5, 0.6) is 0 Å². The van der Waals surface area contributed by atoms with E-state index < -0.39 is 10.0 Å². The normalized spacial score (nSPS) is 12.8. The summed E-state index contributed by atoms with van der Waals surface area (Å²) >= 11 is 0. The largest absolute Gasteiger partial charge is 0.384 e. The fraction of sp³-hybridized carbons (Fsp3) is 0.200. The lowest BCUT2D eigenvalue weighted by Crippen LogP contribution is -2.22. The Morgan fingerprint density at radius 1 is 1.05 bits per heavy atom. The molecule has 3 N–H and O–H groups in total. The highest BCUT2D eigenvalue weighted by Crippen LogP contribution is 2.37. The highest BCUT2D eigenvalue weighted by Gasteiger charge is 2.17. The summed E-state index contributed by atoms with van der Waals surface area (Å²) < 4.78 is 21.8. The Morgan fingerprint density at radius 2 is 1.80 bits per heavy atom. The highest BCUT2D eigenvalue weighted by atomic mass is 32.2. The Morgan fingerprint density at radius 3 is 2.60 bits per heavy atom. The van der Waals surface area contributed by atoms with Gasteiger partial charge in [-0.15, -0.1) is 0 Å². The minimum absolute atomic E-state index is 0.0652. The van der Waals surface area contributed by atoms with E-state index in [4.69, 9.17) is 5.14 Å². The van der Waals surface area contributed by atoms with Crippen molar-refractivity contribution in [1.29, 1.82) is 0 Å². The van der Waals surface area contributed by atoms with Crippen LogP contribution < -0.4 is 10.5 Å². The summed E-state index contributed by atoms with van der Waals surface area (Å²) in [7, 11) is -3.41. The predicted molar refractivity (Wildman–Crippen MR) is 81.1 cm³/mol. The minimum atomic E-state index is -3.41. The van der Waals surface area contributed by atoms with Crippen LogP contribution in [0.4, 0.5) is 5.69 Å². The lowest BCUT2D eigenvalue weighted by molar-refractivity contribution is 0.598. The van der Waals surface area contributed by atoms with E-state index in [1.807, 2.05) is 12.1 Å². The summed E-state index contributed by atoms with van der Waals surface area (Å²) in [5, 5.41) is 8.08. The van der Waals surface area contributed by atoms with Crippen LogP contribution in [0.15, 0.2) is 42.5 Å². The summed E-state index contributed by atoms with van der Waals surface area (Å²) in [4.78, 5) is 0. The van der Waals surface area contributed by atoms with Crippen molar-refractivity contribution < 1.29 is 8.42 Å². The Bertz CT molecular complexity index is 754. The lowest BCUT2D eigenvalue weighted by Gasteiger charge is -2.08. The first kappa shape index (κ1) is 13.1. The third-order valence-corrected chi connectivity index (χ3v) is 4.28. The van der Waals surface area contributed by atoms with Gasteiger partial charge in [0.25, 0.3) is 0 Å². The number of sulfonamides is 1. The molecule has 0 bridgehead atoms. The van der Waals surface area contributed by atoms with Crippen LogP contribution >= 0.6 is 0 Å². The summed E-state index contributed by atoms with van der Waals surface area (Å²) in [5.41, 5.74) is 6.09. The number of hydrogen-bond acceptors (Lipinski definition) is 3. The van der Waals surface area contributed by atoms with E-state index in [0.29, 0.717) is 6.54 Å². The monoisotopic (exact) mass is 288 g/mol. The molecule has 2 aromatic carbocycles. The summed E-state index contributed by atoms with van der Waals surface area (Å²) in [6.45, 7) is 0.324. The van der Waals surface area contributed by atoms with Crippen molar-refractivity contribution in [2.75, 3.05) is 17.6 Å². The van der Waals surface area contributed by atoms with Crippen LogP contribution in [0, 0.1) is 0 Å². The predicted octanol–water partition coefficient (Wildman–Crippen LogP) is 1.96. The van der Waals surface area contributed by atoms with E-state index in [2.05, 4.69) is 35.6 Å². The average Bonchev–Trinajstić information content (AvgIpc) is 2.74. The molecule has 0 saturated carbocycles. The van der Waals surface area contributed by atoms with Crippen molar-refractivity contribution in [3.05, 3.63) is 53.6 Å². The molecule has 0 saturated heterocycles. The molecule has 0 radical (unpaired) electrons. The number of fused-ring (bicyclic) bond motifs is 3. The van der Waals surface area contributed by atoms with Crippen LogP contribution in [0.1, 0.15) is 11.1 Å². The number of nitrogens with two attached hydrogens (primary N) is 1. The van der Waals surface area contributed by atoms with Crippen LogP contribution in [-0.4, -0.2) is 20.7 Å². The second kappa shape index (κ2) is 4.92. The van der Waals surface area contributed by atoms with Gasteiger partial charge < -0.3 is 5.32 Å². The number of nitrogens with one attached hydrogen (secondary N) is 1. The molecule has 0 heterocycles. The average molecular weight is 288 g/mol. The van der Waals surface area contributed by atoms with Crippen molar-refractivity contribution in [1.82, 2.24) is 0 Å². The van der Waals surface area contributed by atoms with Crippen LogP contribution in [0.2, 0.25) is 0 Å². The van der Waals surface area contributed by atoms with Crippen LogP contribution in [0.3, 0.4) is 0 Å². The molecule has 104 valence electrons. The fourth-order valence-corrected chi connectivity index (χ4v) is 2.98. The van der Waals surface area contributed by atoms with Crippen molar-refractivity contribution in [2.45, 2.75) is 6.42 Å². The SMILES string of the molecule is NS(=O)(=O)CCNc1ccc2c(c1)Cc1ccccc1-2. The third kappa shape index (κ3) is 2.69. The zero-order chi connectivity index (χ0) is 14.2. The van der Waals surface area contributed by atoms with Crippen LogP contribution in [0.25, 0.3) is 11.1 Å². The molecule has 0 fully saturated rings. The molecule has 0 unspecified atom stereocenters. The molecule has 5 heteroatoms. The number of primary sulfonamides is 1. The zero-order valence-corrected chi connectivity index (χ0v) is 11.8. The van der Waals surface area contributed by atoms with Crippen molar-refractivity contribution in [2.24, 2.45) is 5.14 Å². The topological polar surface area (TPSA) is 72.2 Å². The molecular formula is C15H16N2O2S. The maximum atomic E-state index is 10.9. The molecule has 0 aliphatic heterocycles. The molecule has 20 heavy (non-hydrogen) atoms. The van der Waals surface area contributed by atoms with E-state index in [1.165, 1.54) is 22.3 Å². The van der Waals surface area contributed by atoms with Gasteiger partial charge in [-0.2, -0.15) is 0 Å². The van der Waals surface area contributed by atoms with Gasteiger partial charge in [-0.05, 0) is 40.8 Å². The van der Waals surface area contributed by atoms with Crippen molar-refractivity contribution in [3.63, 3.8) is 0 Å². The zero-order valence-electron chi connectivity index (χ0n) is 11.0. The maximum Gasteiger partial charge on any atom is 0.210 e. The van der Waals surface area contributed by atoms with Gasteiger partial charge in [0.1, 0.15) is 0 Å². The van der Waals surface area contributed by atoms with Gasteiger partial charge in [0, 0.05) is 12.2 Å². The first-order chi connectivity index (χ1) is 9.53. The number of benzene rings is 2. The molecule has 0 amide bonds. The second-order valence-corrected chi connectivity index (χ2v) is 6.73. The number of rotatable bonds is 4. The minimum Gasteiger partial charge on any atom is -0.384 e. The molecule has 0 spiro atoms. The van der Waals surface area contributed by atoms with E-state index in [-0.39, 0.29) is 5.75 Å². The van der Waals surface area contributed by atoms with Crippen molar-refractivity contribution in [3.8, 4) is 11.1 Å². The molecule has 3 rings (SSSR count). The number of hydrogen-bond donors (Lipinski definition) is 2. The van der Waals surface area contributed by atoms with E-state index in [9.17, 15) is 8.42 Å². The van der Waals surface area contributed by atoms with Gasteiger partial charge in [-0.25, -0.2) is 13.6 Å². The first-order valence-electron chi connectivity index (χ1n) is 6.48. The summed E-state index contributed by atoms with van der Waals surface area (Å²) in [5.74, 6) is -0.0652. The van der Waals surface area contributed by atoms with E-state index in [0.717, 1.165) is 12.1 Å². The molecule has 1 aliphatic carbocycles. The third-order valence-electron chi connectivity index (χ3n) is 3.51. The Labute approximate surface area is 118 Å². The van der Waals surface area contributed by atoms with Gasteiger partial charge in [0.05, 0.1) is 5.75 Å². The van der Waals surface area contributed by atoms with Crippen molar-refractivity contribution >= 4 is 15.7 Å². The quantitative estimate of drug-likeness (QED) is 0.771. The Hall–Kier alpha value is -1.85. The fourth-order valence-electron chi connectivity index (χ4n) is 2.59. The molecule has 1 aliphatic rings. The second-order valence-electron chi connectivity index (χ2n) is 5.00. The number of anilines is 1. The lowest BCUT2D eigenvalue weighted by atomic mass is 10.1. The van der Waals surface area contributed by atoms with Crippen LogP contribution in [-0.2, 0) is 16.4 Å². The molecular weight excluding hydrogens is 272 g/mol. The van der Waals surface area contributed by atoms with Gasteiger partial charge in [0.2, 0.25) is 10.0 Å². The van der Waals surface area contributed by atoms with Gasteiger partial charge in [-0.1, -0.05) is 30.3 Å². The van der Waals surface area contributed by atoms with Gasteiger partial charge in [0.15, 0.2) is 0 Å². The maximum absolute atomic E-state index is 10.9. The van der Waals surface area contributed by atoms with E-state index >= 15 is 0 Å².